The first-order valence-electron chi connectivity index (χ1n) is 8.74. The molecule has 0 saturated heterocycles. The van der Waals surface area contributed by atoms with E-state index >= 15 is 0 Å². The lowest BCUT2D eigenvalue weighted by Crippen LogP contribution is -2.47. The fourth-order valence-electron chi connectivity index (χ4n) is 2.47. The Hall–Kier alpha value is -1.07. The monoisotopic (exact) mass is 496 g/mol. The second-order valence-electron chi connectivity index (χ2n) is 6.68. The second-order valence-corrected chi connectivity index (χ2v) is 11.7. The summed E-state index contributed by atoms with van der Waals surface area (Å²) >= 11 is 14.9. The number of halogens is 2. The Balaban J connectivity index is 2.27. The molecule has 1 aromatic carbocycles. The first kappa shape index (κ1) is 24.2. The molecule has 12 heteroatoms. The van der Waals surface area contributed by atoms with Crippen LogP contribution in [0.3, 0.4) is 0 Å². The molecular weight excluding hydrogens is 475 g/mol. The number of anilines is 2. The molecule has 1 amide bonds. The summed E-state index contributed by atoms with van der Waals surface area (Å²) in [4.78, 5) is 12.9. The zero-order chi connectivity index (χ0) is 21.8. The number of hydrogen-bond acceptors (Lipinski definition) is 7. The van der Waals surface area contributed by atoms with Crippen LogP contribution in [0.15, 0.2) is 22.5 Å². The van der Waals surface area contributed by atoms with Crippen LogP contribution in [0.5, 0.6) is 0 Å². The van der Waals surface area contributed by atoms with Gasteiger partial charge in [0.1, 0.15) is 6.04 Å². The highest BCUT2D eigenvalue weighted by Gasteiger charge is 2.32. The molecule has 29 heavy (non-hydrogen) atoms. The van der Waals surface area contributed by atoms with E-state index in [1.54, 1.807) is 18.7 Å². The largest absolute Gasteiger partial charge is 0.299 e. The third-order valence-electron chi connectivity index (χ3n) is 3.61. The van der Waals surface area contributed by atoms with Gasteiger partial charge in [-0.3, -0.25) is 14.4 Å². The molecule has 0 aliphatic carbocycles. The minimum Gasteiger partial charge on any atom is -0.299 e. The van der Waals surface area contributed by atoms with Crippen molar-refractivity contribution in [2.75, 3.05) is 21.6 Å². The van der Waals surface area contributed by atoms with Crippen molar-refractivity contribution in [3.8, 4) is 0 Å². The first-order valence-corrected chi connectivity index (χ1v) is 13.1. The van der Waals surface area contributed by atoms with Gasteiger partial charge in [0.2, 0.25) is 21.1 Å². The molecule has 1 N–H and O–H groups in total. The van der Waals surface area contributed by atoms with Crippen molar-refractivity contribution >= 4 is 73.0 Å². The standard InChI is InChI=1S/C17H22Cl2N4O3S3/c1-5-14(15(24)20-16-21-22-17(28-16)27-9-10(2)3)23(29(4,25)26)13-7-11(18)6-12(19)8-13/h6-8,10,14H,5,9H2,1-4H3,(H,20,21,24). The van der Waals surface area contributed by atoms with E-state index in [0.29, 0.717) is 11.0 Å². The van der Waals surface area contributed by atoms with Gasteiger partial charge in [-0.25, -0.2) is 8.42 Å². The van der Waals surface area contributed by atoms with Crippen LogP contribution in [0.25, 0.3) is 0 Å². The zero-order valence-electron chi connectivity index (χ0n) is 16.3. The fraction of sp³-hybridized carbons (Fsp3) is 0.471. The Labute approximate surface area is 189 Å². The van der Waals surface area contributed by atoms with Crippen molar-refractivity contribution in [2.45, 2.75) is 37.6 Å². The minimum absolute atomic E-state index is 0.220. The number of nitrogens with one attached hydrogen (secondary N) is 1. The number of thioether (sulfide) groups is 1. The highest BCUT2D eigenvalue weighted by atomic mass is 35.5. The highest BCUT2D eigenvalue weighted by Crippen LogP contribution is 2.31. The molecule has 0 radical (unpaired) electrons. The van der Waals surface area contributed by atoms with Crippen molar-refractivity contribution in [3.63, 3.8) is 0 Å². The summed E-state index contributed by atoms with van der Waals surface area (Å²) in [7, 11) is -3.79. The van der Waals surface area contributed by atoms with Gasteiger partial charge in [-0.2, -0.15) is 0 Å². The number of aromatic nitrogens is 2. The third kappa shape index (κ3) is 6.99. The number of amides is 1. The number of sulfonamides is 1. The van der Waals surface area contributed by atoms with E-state index in [1.807, 2.05) is 0 Å². The molecule has 0 saturated carbocycles. The van der Waals surface area contributed by atoms with Gasteiger partial charge in [-0.1, -0.05) is 67.1 Å². The predicted octanol–water partition coefficient (Wildman–Crippen LogP) is 4.78. The summed E-state index contributed by atoms with van der Waals surface area (Å²) in [5, 5.41) is 11.6. The summed E-state index contributed by atoms with van der Waals surface area (Å²) in [6, 6.07) is 3.40. The molecule has 1 unspecified atom stereocenters. The molecule has 1 atom stereocenters. The van der Waals surface area contributed by atoms with Crippen LogP contribution >= 0.6 is 46.3 Å². The summed E-state index contributed by atoms with van der Waals surface area (Å²) in [6.45, 7) is 5.92. The maximum atomic E-state index is 12.9. The number of rotatable bonds is 9. The molecule has 7 nitrogen and oxygen atoms in total. The van der Waals surface area contributed by atoms with Crippen LogP contribution in [0.4, 0.5) is 10.8 Å². The van der Waals surface area contributed by atoms with E-state index < -0.39 is 22.0 Å². The quantitative estimate of drug-likeness (QED) is 0.396. The molecule has 1 heterocycles. The van der Waals surface area contributed by atoms with E-state index in [2.05, 4.69) is 29.4 Å². The summed E-state index contributed by atoms with van der Waals surface area (Å²) in [6.07, 6.45) is 1.26. The van der Waals surface area contributed by atoms with Crippen molar-refractivity contribution in [2.24, 2.45) is 5.92 Å². The maximum Gasteiger partial charge on any atom is 0.250 e. The molecule has 0 aliphatic rings. The van der Waals surface area contributed by atoms with E-state index in [9.17, 15) is 13.2 Å². The van der Waals surface area contributed by atoms with Crippen LogP contribution < -0.4 is 9.62 Å². The molecule has 160 valence electrons. The van der Waals surface area contributed by atoms with Gasteiger partial charge in [-0.15, -0.1) is 10.2 Å². The summed E-state index contributed by atoms with van der Waals surface area (Å²) in [5.74, 6) is 0.877. The van der Waals surface area contributed by atoms with Crippen molar-refractivity contribution in [1.29, 1.82) is 0 Å². The number of nitrogens with zero attached hydrogens (tertiary/aromatic N) is 3. The minimum atomic E-state index is -3.79. The Morgan fingerprint density at radius 1 is 1.24 bits per heavy atom. The van der Waals surface area contributed by atoms with E-state index in [0.717, 1.165) is 20.7 Å². The number of benzene rings is 1. The normalized spacial score (nSPS) is 12.8. The molecular formula is C17H22Cl2N4O3S3. The smallest absolute Gasteiger partial charge is 0.250 e. The van der Waals surface area contributed by atoms with Crippen LogP contribution in [-0.4, -0.2) is 42.6 Å². The van der Waals surface area contributed by atoms with Crippen molar-refractivity contribution in [3.05, 3.63) is 28.2 Å². The van der Waals surface area contributed by atoms with Crippen molar-refractivity contribution in [1.82, 2.24) is 10.2 Å². The van der Waals surface area contributed by atoms with Crippen LogP contribution in [0, 0.1) is 5.92 Å². The van der Waals surface area contributed by atoms with E-state index in [1.165, 1.54) is 29.5 Å². The Kier molecular flexibility index (Phi) is 8.59. The maximum absolute atomic E-state index is 12.9. The third-order valence-corrected chi connectivity index (χ3v) is 7.62. The average molecular weight is 497 g/mol. The molecule has 2 rings (SSSR count). The summed E-state index contributed by atoms with van der Waals surface area (Å²) in [5.41, 5.74) is 0.220. The average Bonchev–Trinajstić information content (AvgIpc) is 3.02. The van der Waals surface area contributed by atoms with Crippen LogP contribution in [0.1, 0.15) is 27.2 Å². The molecule has 0 bridgehead atoms. The topological polar surface area (TPSA) is 92.3 Å². The Morgan fingerprint density at radius 2 is 1.86 bits per heavy atom. The van der Waals surface area contributed by atoms with Gasteiger partial charge in [0.05, 0.1) is 11.9 Å². The zero-order valence-corrected chi connectivity index (χ0v) is 20.3. The molecule has 1 aromatic heterocycles. The Bertz CT molecular complexity index is 946. The lowest BCUT2D eigenvalue weighted by Gasteiger charge is -2.30. The number of hydrogen-bond donors (Lipinski definition) is 1. The molecule has 0 fully saturated rings. The van der Waals surface area contributed by atoms with Crippen LogP contribution in [-0.2, 0) is 14.8 Å². The van der Waals surface area contributed by atoms with Gasteiger partial charge in [0, 0.05) is 15.8 Å². The molecule has 0 aliphatic heterocycles. The van der Waals surface area contributed by atoms with Gasteiger partial charge in [-0.05, 0) is 30.5 Å². The Morgan fingerprint density at radius 3 is 2.38 bits per heavy atom. The summed E-state index contributed by atoms with van der Waals surface area (Å²) < 4.78 is 26.8. The molecule has 2 aromatic rings. The van der Waals surface area contributed by atoms with Crippen LogP contribution in [0.2, 0.25) is 10.0 Å². The van der Waals surface area contributed by atoms with Gasteiger partial charge >= 0.3 is 0 Å². The fourth-order valence-corrected chi connectivity index (χ4v) is 5.91. The van der Waals surface area contributed by atoms with E-state index in [-0.39, 0.29) is 22.2 Å². The predicted molar refractivity (Wildman–Crippen MR) is 122 cm³/mol. The number of carbonyl (C=O) groups excluding carboxylic acids is 1. The first-order chi connectivity index (χ1) is 13.5. The lowest BCUT2D eigenvalue weighted by molar-refractivity contribution is -0.117. The highest BCUT2D eigenvalue weighted by molar-refractivity contribution is 8.01. The molecule has 0 spiro atoms. The van der Waals surface area contributed by atoms with Gasteiger partial charge in [0.15, 0.2) is 4.34 Å². The second kappa shape index (κ2) is 10.3. The van der Waals surface area contributed by atoms with E-state index in [4.69, 9.17) is 23.2 Å². The van der Waals surface area contributed by atoms with Gasteiger partial charge < -0.3 is 0 Å². The van der Waals surface area contributed by atoms with Gasteiger partial charge in [0.25, 0.3) is 0 Å². The number of carbonyl (C=O) groups is 1. The van der Waals surface area contributed by atoms with Crippen molar-refractivity contribution < 1.29 is 13.2 Å². The SMILES string of the molecule is CCC(C(=O)Nc1nnc(SCC(C)C)s1)N(c1cc(Cl)cc(Cl)c1)S(C)(=O)=O. The lowest BCUT2D eigenvalue weighted by atomic mass is 10.2.